The molecule has 0 saturated heterocycles. The molecule has 0 amide bonds. The largest absolute Gasteiger partial charge is 0.330 e. The van der Waals surface area contributed by atoms with Gasteiger partial charge >= 0.3 is 0 Å². The summed E-state index contributed by atoms with van der Waals surface area (Å²) in [5, 5.41) is 3.73. The number of aryl methyl sites for hydroxylation is 2. The molecule has 25 heavy (non-hydrogen) atoms. The summed E-state index contributed by atoms with van der Waals surface area (Å²) in [5.41, 5.74) is 14.5. The van der Waals surface area contributed by atoms with Crippen molar-refractivity contribution in [2.45, 2.75) is 50.6 Å². The average Bonchev–Trinajstić information content (AvgIpc) is 2.65. The van der Waals surface area contributed by atoms with Crippen LogP contribution in [0.15, 0.2) is 60.7 Å². The molecule has 2 aromatic carbocycles. The fourth-order valence-electron chi connectivity index (χ4n) is 3.15. The van der Waals surface area contributed by atoms with Gasteiger partial charge in [-0.25, -0.2) is 0 Å². The zero-order valence-corrected chi connectivity index (χ0v) is 15.2. The Kier molecular flexibility index (Phi) is 9.27. The second kappa shape index (κ2) is 11.8. The van der Waals surface area contributed by atoms with E-state index in [1.54, 1.807) is 0 Å². The van der Waals surface area contributed by atoms with Gasteiger partial charge in [-0.1, -0.05) is 60.7 Å². The molecule has 0 bridgehead atoms. The second-order valence-electron chi connectivity index (χ2n) is 6.83. The van der Waals surface area contributed by atoms with E-state index in [4.69, 9.17) is 11.5 Å². The molecular weight excluding hydrogens is 306 g/mol. The number of nitrogens with one attached hydrogen (secondary N) is 1. The molecule has 0 aromatic heterocycles. The van der Waals surface area contributed by atoms with Crippen molar-refractivity contribution in [2.24, 2.45) is 11.5 Å². The molecular formula is C22H33N3. The van der Waals surface area contributed by atoms with E-state index in [9.17, 15) is 0 Å². The Morgan fingerprint density at radius 1 is 0.720 bits per heavy atom. The van der Waals surface area contributed by atoms with Gasteiger partial charge in [-0.15, -0.1) is 0 Å². The Balaban J connectivity index is 1.81. The Morgan fingerprint density at radius 2 is 1.24 bits per heavy atom. The van der Waals surface area contributed by atoms with Gasteiger partial charge in [0.25, 0.3) is 0 Å². The summed E-state index contributed by atoms with van der Waals surface area (Å²) in [4.78, 5) is 0. The molecule has 1 unspecified atom stereocenters. The monoisotopic (exact) mass is 339 g/mol. The Bertz CT molecular complexity index is 512. The maximum Gasteiger partial charge on any atom is 0.00734 e. The van der Waals surface area contributed by atoms with Crippen molar-refractivity contribution in [1.82, 2.24) is 5.32 Å². The maximum absolute atomic E-state index is 6.08. The predicted molar refractivity (Wildman–Crippen MR) is 108 cm³/mol. The second-order valence-corrected chi connectivity index (χ2v) is 6.83. The van der Waals surface area contributed by atoms with Crippen LogP contribution in [0.2, 0.25) is 0 Å². The molecule has 2 rings (SSSR count). The van der Waals surface area contributed by atoms with Gasteiger partial charge in [0, 0.05) is 12.1 Å². The summed E-state index contributed by atoms with van der Waals surface area (Å²) in [6.45, 7) is 1.64. The van der Waals surface area contributed by atoms with Crippen LogP contribution in [0.4, 0.5) is 0 Å². The predicted octanol–water partition coefficient (Wildman–Crippen LogP) is 3.28. The van der Waals surface area contributed by atoms with E-state index in [2.05, 4.69) is 66.0 Å². The van der Waals surface area contributed by atoms with Crippen molar-refractivity contribution in [3.8, 4) is 0 Å². The SMILES string of the molecule is NCCC(N)CCNC(CCc1ccccc1)CCc1ccccc1. The third kappa shape index (κ3) is 8.30. The van der Waals surface area contributed by atoms with Crippen LogP contribution in [0.3, 0.4) is 0 Å². The summed E-state index contributed by atoms with van der Waals surface area (Å²) >= 11 is 0. The first-order valence-electron chi connectivity index (χ1n) is 9.55. The number of nitrogens with two attached hydrogens (primary N) is 2. The molecule has 1 atom stereocenters. The summed E-state index contributed by atoms with van der Waals surface area (Å²) in [7, 11) is 0. The molecule has 0 heterocycles. The van der Waals surface area contributed by atoms with E-state index in [0.29, 0.717) is 12.6 Å². The minimum atomic E-state index is 0.210. The van der Waals surface area contributed by atoms with E-state index in [-0.39, 0.29) is 6.04 Å². The lowest BCUT2D eigenvalue weighted by atomic mass is 9.98. The fraction of sp³-hybridized carbons (Fsp3) is 0.455. The van der Waals surface area contributed by atoms with Crippen LogP contribution >= 0.6 is 0 Å². The molecule has 2 aromatic rings. The molecule has 0 aliphatic carbocycles. The lowest BCUT2D eigenvalue weighted by Gasteiger charge is -2.20. The van der Waals surface area contributed by atoms with Gasteiger partial charge in [-0.2, -0.15) is 0 Å². The molecule has 136 valence electrons. The molecule has 0 aliphatic rings. The lowest BCUT2D eigenvalue weighted by Crippen LogP contribution is -2.35. The first-order valence-corrected chi connectivity index (χ1v) is 9.55. The van der Waals surface area contributed by atoms with Crippen LogP contribution in [0.5, 0.6) is 0 Å². The Hall–Kier alpha value is -1.68. The topological polar surface area (TPSA) is 64.1 Å². The minimum Gasteiger partial charge on any atom is -0.330 e. The van der Waals surface area contributed by atoms with Gasteiger partial charge in [0.15, 0.2) is 0 Å². The highest BCUT2D eigenvalue weighted by atomic mass is 14.9. The van der Waals surface area contributed by atoms with Crippen molar-refractivity contribution >= 4 is 0 Å². The van der Waals surface area contributed by atoms with Gasteiger partial charge in [-0.05, 0) is 62.7 Å². The van der Waals surface area contributed by atoms with Crippen LogP contribution in [0.1, 0.15) is 36.8 Å². The lowest BCUT2D eigenvalue weighted by molar-refractivity contribution is 0.431. The van der Waals surface area contributed by atoms with E-state index in [0.717, 1.165) is 45.1 Å². The van der Waals surface area contributed by atoms with E-state index in [1.807, 2.05) is 0 Å². The normalized spacial score (nSPS) is 12.4. The fourth-order valence-corrected chi connectivity index (χ4v) is 3.15. The van der Waals surface area contributed by atoms with Crippen LogP contribution in [0.25, 0.3) is 0 Å². The summed E-state index contributed by atoms with van der Waals surface area (Å²) in [5.74, 6) is 0. The maximum atomic E-state index is 6.08. The smallest absolute Gasteiger partial charge is 0.00734 e. The van der Waals surface area contributed by atoms with Crippen molar-refractivity contribution in [3.63, 3.8) is 0 Å². The van der Waals surface area contributed by atoms with Crippen molar-refractivity contribution < 1.29 is 0 Å². The quantitative estimate of drug-likeness (QED) is 0.556. The summed E-state index contributed by atoms with van der Waals surface area (Å²) in [6, 6.07) is 22.2. The molecule has 3 heteroatoms. The molecule has 3 nitrogen and oxygen atoms in total. The highest BCUT2D eigenvalue weighted by Gasteiger charge is 2.10. The molecule has 5 N–H and O–H groups in total. The minimum absolute atomic E-state index is 0.210. The van der Waals surface area contributed by atoms with Gasteiger partial charge in [0.05, 0.1) is 0 Å². The van der Waals surface area contributed by atoms with Gasteiger partial charge < -0.3 is 16.8 Å². The number of hydrogen-bond donors (Lipinski definition) is 3. The van der Waals surface area contributed by atoms with Crippen LogP contribution in [-0.2, 0) is 12.8 Å². The summed E-state index contributed by atoms with van der Waals surface area (Å²) in [6.07, 6.45) is 6.43. The third-order valence-electron chi connectivity index (χ3n) is 4.73. The molecule has 0 saturated carbocycles. The number of rotatable bonds is 12. The average molecular weight is 340 g/mol. The first-order chi connectivity index (χ1) is 12.3. The van der Waals surface area contributed by atoms with E-state index < -0.39 is 0 Å². The number of hydrogen-bond acceptors (Lipinski definition) is 3. The molecule has 0 fully saturated rings. The molecule has 0 radical (unpaired) electrons. The van der Waals surface area contributed by atoms with Crippen LogP contribution < -0.4 is 16.8 Å². The standard InChI is InChI=1S/C22H33N3/c23-17-15-21(24)16-18-25-22(13-11-19-7-3-1-4-8-19)14-12-20-9-5-2-6-10-20/h1-10,21-22,25H,11-18,23-24H2. The van der Waals surface area contributed by atoms with Gasteiger partial charge in [0.2, 0.25) is 0 Å². The zero-order valence-electron chi connectivity index (χ0n) is 15.2. The highest BCUT2D eigenvalue weighted by molar-refractivity contribution is 5.16. The molecule has 0 spiro atoms. The van der Waals surface area contributed by atoms with Crippen molar-refractivity contribution in [3.05, 3.63) is 71.8 Å². The highest BCUT2D eigenvalue weighted by Crippen LogP contribution is 2.11. The van der Waals surface area contributed by atoms with Gasteiger partial charge in [0.1, 0.15) is 0 Å². The van der Waals surface area contributed by atoms with Crippen LogP contribution in [0, 0.1) is 0 Å². The zero-order chi connectivity index (χ0) is 17.7. The van der Waals surface area contributed by atoms with Crippen molar-refractivity contribution in [1.29, 1.82) is 0 Å². The van der Waals surface area contributed by atoms with E-state index in [1.165, 1.54) is 11.1 Å². The number of benzene rings is 2. The van der Waals surface area contributed by atoms with E-state index >= 15 is 0 Å². The van der Waals surface area contributed by atoms with Crippen LogP contribution in [-0.4, -0.2) is 25.2 Å². The Labute approximate surface area is 152 Å². The van der Waals surface area contributed by atoms with Crippen molar-refractivity contribution in [2.75, 3.05) is 13.1 Å². The third-order valence-corrected chi connectivity index (χ3v) is 4.73. The molecule has 0 aliphatic heterocycles. The Morgan fingerprint density at radius 3 is 1.72 bits per heavy atom. The summed E-state index contributed by atoms with van der Waals surface area (Å²) < 4.78 is 0. The van der Waals surface area contributed by atoms with Gasteiger partial charge in [-0.3, -0.25) is 0 Å². The first kappa shape index (κ1) is 19.6.